The van der Waals surface area contributed by atoms with Crippen LogP contribution in [-0.4, -0.2) is 29.4 Å². The van der Waals surface area contributed by atoms with Crippen LogP contribution in [0.3, 0.4) is 0 Å². The van der Waals surface area contributed by atoms with Crippen molar-refractivity contribution in [2.24, 2.45) is 10.2 Å². The second-order valence-corrected chi connectivity index (χ2v) is 4.78. The Labute approximate surface area is 137 Å². The third kappa shape index (κ3) is 3.02. The van der Waals surface area contributed by atoms with Gasteiger partial charge in [-0.3, -0.25) is 20.0 Å². The van der Waals surface area contributed by atoms with E-state index in [0.717, 1.165) is 5.56 Å². The number of hydrogen-bond acceptors (Lipinski definition) is 6. The molecular weight excluding hydrogens is 310 g/mol. The molecule has 0 aliphatic heterocycles. The summed E-state index contributed by atoms with van der Waals surface area (Å²) in [5.74, 6) is 1.12. The molecule has 2 N–H and O–H groups in total. The summed E-state index contributed by atoms with van der Waals surface area (Å²) in [5, 5.41) is 13.5. The number of aromatic amines is 2. The summed E-state index contributed by atoms with van der Waals surface area (Å²) < 4.78 is 10.4. The summed E-state index contributed by atoms with van der Waals surface area (Å²) in [7, 11) is 3.09. The van der Waals surface area contributed by atoms with Crippen LogP contribution in [0.4, 0.5) is 11.4 Å². The van der Waals surface area contributed by atoms with Crippen molar-refractivity contribution in [3.05, 3.63) is 53.1 Å². The molecule has 0 atom stereocenters. The third-order valence-corrected chi connectivity index (χ3v) is 3.34. The number of aromatic nitrogens is 3. The lowest BCUT2D eigenvalue weighted by molar-refractivity contribution is 0.355. The molecule has 0 bridgehead atoms. The molecule has 0 saturated heterocycles. The number of rotatable bonds is 5. The Bertz CT molecular complexity index is 915. The Kier molecular flexibility index (Phi) is 4.37. The van der Waals surface area contributed by atoms with Crippen LogP contribution in [0.15, 0.2) is 57.7 Å². The van der Waals surface area contributed by atoms with E-state index in [-0.39, 0.29) is 11.2 Å². The highest BCUT2D eigenvalue weighted by Gasteiger charge is 2.12. The van der Waals surface area contributed by atoms with E-state index in [1.54, 1.807) is 43.8 Å². The monoisotopic (exact) mass is 325 g/mol. The lowest BCUT2D eigenvalue weighted by atomic mass is 10.2. The Morgan fingerprint density at radius 1 is 1.04 bits per heavy atom. The van der Waals surface area contributed by atoms with Gasteiger partial charge < -0.3 is 9.47 Å². The van der Waals surface area contributed by atoms with Gasteiger partial charge in [0.05, 0.1) is 25.6 Å². The molecule has 2 aromatic heterocycles. The molecule has 1 aromatic carbocycles. The summed E-state index contributed by atoms with van der Waals surface area (Å²) in [5.41, 5.74) is 1.61. The third-order valence-electron chi connectivity index (χ3n) is 3.34. The molecule has 0 fully saturated rings. The molecule has 0 spiro atoms. The highest BCUT2D eigenvalue weighted by molar-refractivity contribution is 5.70. The van der Waals surface area contributed by atoms with E-state index in [0.29, 0.717) is 22.9 Å². The largest absolute Gasteiger partial charge is 0.493 e. The topological polar surface area (TPSA) is 105 Å². The average molecular weight is 325 g/mol. The zero-order valence-corrected chi connectivity index (χ0v) is 13.1. The van der Waals surface area contributed by atoms with Gasteiger partial charge in [0, 0.05) is 24.0 Å². The van der Waals surface area contributed by atoms with Crippen molar-refractivity contribution in [1.82, 2.24) is 15.2 Å². The number of nitrogens with zero attached hydrogens (tertiary/aromatic N) is 3. The molecule has 3 aromatic rings. The van der Waals surface area contributed by atoms with Crippen molar-refractivity contribution in [1.29, 1.82) is 0 Å². The summed E-state index contributed by atoms with van der Waals surface area (Å²) in [6.45, 7) is 0. The summed E-state index contributed by atoms with van der Waals surface area (Å²) >= 11 is 0. The molecule has 8 nitrogen and oxygen atoms in total. The van der Waals surface area contributed by atoms with Gasteiger partial charge in [0.25, 0.3) is 5.56 Å². The zero-order valence-electron chi connectivity index (χ0n) is 13.1. The maximum absolute atomic E-state index is 12.0. The van der Waals surface area contributed by atoms with Crippen LogP contribution < -0.4 is 15.0 Å². The van der Waals surface area contributed by atoms with E-state index in [1.807, 2.05) is 6.07 Å². The fourth-order valence-corrected chi connectivity index (χ4v) is 2.16. The number of H-pyrrole nitrogens is 2. The predicted octanol–water partition coefficient (Wildman–Crippen LogP) is 3.20. The quantitative estimate of drug-likeness (QED) is 0.703. The van der Waals surface area contributed by atoms with Gasteiger partial charge in [-0.05, 0) is 24.3 Å². The Morgan fingerprint density at radius 3 is 2.58 bits per heavy atom. The van der Waals surface area contributed by atoms with Gasteiger partial charge in [0.1, 0.15) is 0 Å². The predicted molar refractivity (Wildman–Crippen MR) is 88.4 cm³/mol. The second kappa shape index (κ2) is 6.78. The number of benzene rings is 1. The van der Waals surface area contributed by atoms with E-state index in [4.69, 9.17) is 9.47 Å². The minimum absolute atomic E-state index is 0.179. The first-order valence-corrected chi connectivity index (χ1v) is 7.07. The van der Waals surface area contributed by atoms with E-state index in [1.165, 1.54) is 7.11 Å². The number of methoxy groups -OCH3 is 2. The minimum Gasteiger partial charge on any atom is -0.493 e. The molecule has 24 heavy (non-hydrogen) atoms. The molecule has 0 unspecified atom stereocenters. The van der Waals surface area contributed by atoms with Gasteiger partial charge in [-0.15, -0.1) is 5.11 Å². The van der Waals surface area contributed by atoms with Gasteiger partial charge in [-0.25, -0.2) is 0 Å². The van der Waals surface area contributed by atoms with Crippen LogP contribution in [0.1, 0.15) is 0 Å². The average Bonchev–Trinajstić information content (AvgIpc) is 3.01. The van der Waals surface area contributed by atoms with Crippen molar-refractivity contribution < 1.29 is 9.47 Å². The van der Waals surface area contributed by atoms with Crippen molar-refractivity contribution >= 4 is 11.4 Å². The first-order chi connectivity index (χ1) is 11.7. The minimum atomic E-state index is -0.363. The number of azo groups is 1. The molecule has 0 saturated carbocycles. The van der Waals surface area contributed by atoms with E-state index in [2.05, 4.69) is 25.4 Å². The summed E-state index contributed by atoms with van der Waals surface area (Å²) in [6.07, 6.45) is 3.29. The lowest BCUT2D eigenvalue weighted by Gasteiger charge is -2.06. The SMILES string of the molecule is COc1ccc(N=Nc2c(-c3cccnc3)[nH][nH]c2=O)cc1OC. The molecule has 0 aliphatic carbocycles. The molecule has 0 radical (unpaired) electrons. The second-order valence-electron chi connectivity index (χ2n) is 4.78. The smallest absolute Gasteiger partial charge is 0.292 e. The molecule has 0 aliphatic rings. The maximum Gasteiger partial charge on any atom is 0.292 e. The van der Waals surface area contributed by atoms with Crippen molar-refractivity contribution in [2.75, 3.05) is 14.2 Å². The van der Waals surface area contributed by atoms with Gasteiger partial charge in [0.2, 0.25) is 0 Å². The molecule has 3 rings (SSSR count). The van der Waals surface area contributed by atoms with Crippen LogP contribution in [-0.2, 0) is 0 Å². The van der Waals surface area contributed by atoms with E-state index in [9.17, 15) is 4.79 Å². The van der Waals surface area contributed by atoms with Gasteiger partial charge >= 0.3 is 0 Å². The van der Waals surface area contributed by atoms with Crippen LogP contribution in [0.25, 0.3) is 11.3 Å². The number of nitrogens with one attached hydrogen (secondary N) is 2. The number of pyridine rings is 1. The molecule has 2 heterocycles. The Morgan fingerprint density at radius 2 is 1.88 bits per heavy atom. The highest BCUT2D eigenvalue weighted by Crippen LogP contribution is 2.32. The van der Waals surface area contributed by atoms with E-state index < -0.39 is 0 Å². The van der Waals surface area contributed by atoms with Crippen molar-refractivity contribution in [3.63, 3.8) is 0 Å². The van der Waals surface area contributed by atoms with Crippen LogP contribution in [0.2, 0.25) is 0 Å². The molecule has 0 amide bonds. The van der Waals surface area contributed by atoms with Crippen molar-refractivity contribution in [3.8, 4) is 22.8 Å². The van der Waals surface area contributed by atoms with Crippen LogP contribution in [0.5, 0.6) is 11.5 Å². The number of hydrogen-bond donors (Lipinski definition) is 2. The first-order valence-electron chi connectivity index (χ1n) is 7.07. The van der Waals surface area contributed by atoms with Gasteiger partial charge in [0.15, 0.2) is 17.2 Å². The Balaban J connectivity index is 1.96. The highest BCUT2D eigenvalue weighted by atomic mass is 16.5. The molecule has 122 valence electrons. The standard InChI is InChI=1S/C16H15N5O3/c1-23-12-6-5-11(8-13(12)24-2)18-20-15-14(19-21-16(15)22)10-4-3-7-17-9-10/h3-9H,1-2H3,(H2,19,21,22). The lowest BCUT2D eigenvalue weighted by Crippen LogP contribution is -1.96. The number of ether oxygens (including phenoxy) is 2. The van der Waals surface area contributed by atoms with Crippen LogP contribution >= 0.6 is 0 Å². The maximum atomic E-state index is 12.0. The van der Waals surface area contributed by atoms with Gasteiger partial charge in [-0.2, -0.15) is 5.11 Å². The normalized spacial score (nSPS) is 10.9. The fourth-order valence-electron chi connectivity index (χ4n) is 2.16. The first kappa shape index (κ1) is 15.5. The zero-order chi connectivity index (χ0) is 16.9. The van der Waals surface area contributed by atoms with Crippen LogP contribution in [0, 0.1) is 0 Å². The summed E-state index contributed by atoms with van der Waals surface area (Å²) in [4.78, 5) is 16.0. The molecular formula is C16H15N5O3. The van der Waals surface area contributed by atoms with Crippen molar-refractivity contribution in [2.45, 2.75) is 0 Å². The molecule has 8 heteroatoms. The Hall–Kier alpha value is -3.42. The van der Waals surface area contributed by atoms with Gasteiger partial charge in [-0.1, -0.05) is 0 Å². The van der Waals surface area contributed by atoms with E-state index >= 15 is 0 Å². The summed E-state index contributed by atoms with van der Waals surface area (Å²) in [6, 6.07) is 8.70. The fraction of sp³-hybridized carbons (Fsp3) is 0.125.